The van der Waals surface area contributed by atoms with Crippen LogP contribution in [0.2, 0.25) is 0 Å². The molecule has 30 heavy (non-hydrogen) atoms. The van der Waals surface area contributed by atoms with E-state index in [9.17, 15) is 24.0 Å². The van der Waals surface area contributed by atoms with E-state index in [1.165, 1.54) is 6.92 Å². The normalized spacial score (nSPS) is 26.0. The van der Waals surface area contributed by atoms with Gasteiger partial charge in [0.2, 0.25) is 17.7 Å². The van der Waals surface area contributed by atoms with Crippen LogP contribution in [0.15, 0.2) is 36.4 Å². The van der Waals surface area contributed by atoms with Gasteiger partial charge in [-0.3, -0.25) is 28.9 Å². The van der Waals surface area contributed by atoms with Gasteiger partial charge in [-0.05, 0) is 42.5 Å². The first kappa shape index (κ1) is 19.8. The number of allylic oxidation sites excluding steroid dienone is 2. The minimum atomic E-state index is -0.812. The summed E-state index contributed by atoms with van der Waals surface area (Å²) in [6.45, 7) is 0.367. The molecule has 2 fully saturated rings. The summed E-state index contributed by atoms with van der Waals surface area (Å²) in [6.07, 6.45) is 4.77. The maximum absolute atomic E-state index is 12.6. The summed E-state index contributed by atoms with van der Waals surface area (Å²) in [5, 5.41) is 5.16. The van der Waals surface area contributed by atoms with Gasteiger partial charge in [0.15, 0.2) is 6.61 Å². The van der Waals surface area contributed by atoms with Crippen LogP contribution in [-0.2, 0) is 28.7 Å². The Kier molecular flexibility index (Phi) is 5.11. The van der Waals surface area contributed by atoms with Crippen LogP contribution in [0.25, 0.3) is 0 Å². The third-order valence-corrected chi connectivity index (χ3v) is 5.70. The molecular weight excluding hydrogens is 390 g/mol. The number of hydrogen-bond acceptors (Lipinski definition) is 6. The van der Waals surface area contributed by atoms with Gasteiger partial charge in [-0.15, -0.1) is 0 Å². The van der Waals surface area contributed by atoms with E-state index in [1.54, 1.807) is 24.3 Å². The highest BCUT2D eigenvalue weighted by atomic mass is 16.5. The van der Waals surface area contributed by atoms with Gasteiger partial charge in [-0.1, -0.05) is 12.2 Å². The average molecular weight is 411 g/mol. The highest BCUT2D eigenvalue weighted by Crippen LogP contribution is 2.52. The largest absolute Gasteiger partial charge is 0.454 e. The zero-order valence-electron chi connectivity index (χ0n) is 16.3. The van der Waals surface area contributed by atoms with Crippen LogP contribution in [0, 0.1) is 23.7 Å². The standard InChI is InChI=1S/C21H21N3O6/c1-11(25)22-14-4-6-15(7-5-14)23-16(26)10-30-17(27)9-24-20(28)18-12-2-3-13(8-12)19(18)21(24)29/h2-7,12-13,18-19H,8-10H2,1H3,(H,22,25)(H,23,26)/t12-,13-,18-,19+/m0/s1. The highest BCUT2D eigenvalue weighted by molar-refractivity contribution is 6.08. The van der Waals surface area contributed by atoms with E-state index in [2.05, 4.69) is 10.6 Å². The molecule has 4 atom stereocenters. The van der Waals surface area contributed by atoms with E-state index < -0.39 is 25.0 Å². The number of nitrogens with one attached hydrogen (secondary N) is 2. The Bertz CT molecular complexity index is 924. The molecule has 1 aromatic rings. The zero-order valence-corrected chi connectivity index (χ0v) is 16.3. The van der Waals surface area contributed by atoms with Gasteiger partial charge in [-0.25, -0.2) is 0 Å². The first-order chi connectivity index (χ1) is 14.3. The molecule has 0 radical (unpaired) electrons. The van der Waals surface area contributed by atoms with Crippen LogP contribution in [-0.4, -0.2) is 47.6 Å². The lowest BCUT2D eigenvalue weighted by molar-refractivity contribution is -0.154. The summed E-state index contributed by atoms with van der Waals surface area (Å²) >= 11 is 0. The molecule has 1 heterocycles. The second kappa shape index (κ2) is 7.74. The van der Waals surface area contributed by atoms with Gasteiger partial charge in [0.1, 0.15) is 6.54 Å². The summed E-state index contributed by atoms with van der Waals surface area (Å²) in [7, 11) is 0. The Morgan fingerprint density at radius 3 is 2.03 bits per heavy atom. The van der Waals surface area contributed by atoms with Crippen molar-refractivity contribution in [2.75, 3.05) is 23.8 Å². The lowest BCUT2D eigenvalue weighted by atomic mass is 9.85. The molecule has 1 saturated carbocycles. The number of ether oxygens (including phenoxy) is 1. The lowest BCUT2D eigenvalue weighted by Crippen LogP contribution is -2.38. The second-order valence-corrected chi connectivity index (χ2v) is 7.73. The minimum absolute atomic E-state index is 0.0697. The molecule has 9 heteroatoms. The van der Waals surface area contributed by atoms with Crippen molar-refractivity contribution >= 4 is 41.0 Å². The molecule has 4 amide bonds. The molecule has 1 aliphatic heterocycles. The predicted molar refractivity (Wildman–Crippen MR) is 105 cm³/mol. The molecular formula is C21H21N3O6. The number of carbonyl (C=O) groups is 5. The van der Waals surface area contributed by atoms with Crippen LogP contribution in [0.1, 0.15) is 13.3 Å². The molecule has 2 bridgehead atoms. The Labute approximate surface area is 172 Å². The van der Waals surface area contributed by atoms with E-state index in [0.717, 1.165) is 11.3 Å². The summed E-state index contributed by atoms with van der Waals surface area (Å²) in [5.74, 6) is -2.85. The number of nitrogens with zero attached hydrogens (tertiary/aromatic N) is 1. The van der Waals surface area contributed by atoms with E-state index in [-0.39, 0.29) is 41.4 Å². The van der Waals surface area contributed by atoms with Crippen molar-refractivity contribution in [1.29, 1.82) is 0 Å². The van der Waals surface area contributed by atoms with Crippen LogP contribution < -0.4 is 10.6 Å². The molecule has 1 saturated heterocycles. The van der Waals surface area contributed by atoms with E-state index in [0.29, 0.717) is 11.4 Å². The maximum Gasteiger partial charge on any atom is 0.326 e. The summed E-state index contributed by atoms with van der Waals surface area (Å²) in [4.78, 5) is 61.1. The summed E-state index contributed by atoms with van der Waals surface area (Å²) in [5.41, 5.74) is 1.05. The van der Waals surface area contributed by atoms with Crippen LogP contribution in [0.3, 0.4) is 0 Å². The smallest absolute Gasteiger partial charge is 0.326 e. The number of likely N-dealkylation sites (tertiary alicyclic amines) is 1. The van der Waals surface area contributed by atoms with E-state index >= 15 is 0 Å². The van der Waals surface area contributed by atoms with Gasteiger partial charge < -0.3 is 15.4 Å². The monoisotopic (exact) mass is 411 g/mol. The van der Waals surface area contributed by atoms with Crippen LogP contribution in [0.4, 0.5) is 11.4 Å². The second-order valence-electron chi connectivity index (χ2n) is 7.73. The first-order valence-corrected chi connectivity index (χ1v) is 9.70. The highest BCUT2D eigenvalue weighted by Gasteiger charge is 2.59. The number of imide groups is 1. The lowest BCUT2D eigenvalue weighted by Gasteiger charge is -2.16. The van der Waals surface area contributed by atoms with Gasteiger partial charge in [0, 0.05) is 18.3 Å². The Morgan fingerprint density at radius 2 is 1.50 bits per heavy atom. The van der Waals surface area contributed by atoms with Crippen molar-refractivity contribution in [1.82, 2.24) is 4.90 Å². The van der Waals surface area contributed by atoms with Crippen molar-refractivity contribution in [2.45, 2.75) is 13.3 Å². The van der Waals surface area contributed by atoms with Crippen molar-refractivity contribution < 1.29 is 28.7 Å². The average Bonchev–Trinajstić information content (AvgIpc) is 3.38. The van der Waals surface area contributed by atoms with Gasteiger partial charge in [0.25, 0.3) is 5.91 Å². The number of rotatable bonds is 6. The van der Waals surface area contributed by atoms with E-state index in [1.807, 2.05) is 12.2 Å². The molecule has 2 N–H and O–H groups in total. The van der Waals surface area contributed by atoms with Crippen molar-refractivity contribution in [2.24, 2.45) is 23.7 Å². The number of hydrogen-bond donors (Lipinski definition) is 2. The van der Waals surface area contributed by atoms with Crippen LogP contribution in [0.5, 0.6) is 0 Å². The molecule has 156 valence electrons. The third-order valence-electron chi connectivity index (χ3n) is 5.70. The van der Waals surface area contributed by atoms with Gasteiger partial charge in [-0.2, -0.15) is 0 Å². The predicted octanol–water partition coefficient (Wildman–Crippen LogP) is 0.934. The SMILES string of the molecule is CC(=O)Nc1ccc(NC(=O)COC(=O)CN2C(=O)[C@@H]3[C@H](C2=O)[C@H]2C=C[C@H]3C2)cc1. The molecule has 1 aromatic carbocycles. The van der Waals surface area contributed by atoms with Crippen LogP contribution >= 0.6 is 0 Å². The number of benzene rings is 1. The topological polar surface area (TPSA) is 122 Å². The van der Waals surface area contributed by atoms with Gasteiger partial charge in [0.05, 0.1) is 11.8 Å². The summed E-state index contributed by atoms with van der Waals surface area (Å²) in [6, 6.07) is 6.42. The molecule has 0 unspecified atom stereocenters. The number of esters is 1. The number of fused-ring (bicyclic) bond motifs is 5. The van der Waals surface area contributed by atoms with Crippen molar-refractivity contribution in [3.8, 4) is 0 Å². The first-order valence-electron chi connectivity index (χ1n) is 9.70. The Morgan fingerprint density at radius 1 is 0.967 bits per heavy atom. The molecule has 9 nitrogen and oxygen atoms in total. The summed E-state index contributed by atoms with van der Waals surface area (Å²) < 4.78 is 4.93. The van der Waals surface area contributed by atoms with Crippen molar-refractivity contribution in [3.63, 3.8) is 0 Å². The quantitative estimate of drug-likeness (QED) is 0.408. The minimum Gasteiger partial charge on any atom is -0.454 e. The van der Waals surface area contributed by atoms with Crippen molar-refractivity contribution in [3.05, 3.63) is 36.4 Å². The van der Waals surface area contributed by atoms with Gasteiger partial charge >= 0.3 is 5.97 Å². The molecule has 0 spiro atoms. The molecule has 0 aromatic heterocycles. The number of anilines is 2. The molecule has 4 rings (SSSR count). The maximum atomic E-state index is 12.6. The fraction of sp³-hybridized carbons (Fsp3) is 0.381. The Balaban J connectivity index is 1.25. The Hall–Kier alpha value is -3.49. The van der Waals surface area contributed by atoms with E-state index in [4.69, 9.17) is 4.74 Å². The number of carbonyl (C=O) groups excluding carboxylic acids is 5. The molecule has 3 aliphatic rings. The third kappa shape index (κ3) is 3.70. The molecule has 2 aliphatic carbocycles. The zero-order chi connectivity index (χ0) is 21.4. The number of amides is 4. The fourth-order valence-electron chi connectivity index (χ4n) is 4.48. The fourth-order valence-corrected chi connectivity index (χ4v) is 4.48.